The number of rotatable bonds is 3. The van der Waals surface area contributed by atoms with Crippen molar-refractivity contribution >= 4 is 5.91 Å². The molecule has 2 aromatic rings. The number of aliphatic hydroxyl groups is 1. The zero-order valence-electron chi connectivity index (χ0n) is 16.2. The third-order valence-corrected chi connectivity index (χ3v) is 6.39. The van der Waals surface area contributed by atoms with Crippen molar-refractivity contribution in [3.8, 4) is 11.5 Å². The van der Waals surface area contributed by atoms with E-state index >= 15 is 0 Å². The van der Waals surface area contributed by atoms with Crippen molar-refractivity contribution in [3.05, 3.63) is 59.7 Å². The number of carbonyl (C=O) groups excluding carboxylic acids is 1. The maximum atomic E-state index is 13.3. The Bertz CT molecular complexity index is 853. The number of phenols is 1. The van der Waals surface area contributed by atoms with Crippen molar-refractivity contribution in [3.63, 3.8) is 0 Å². The van der Waals surface area contributed by atoms with E-state index in [4.69, 9.17) is 4.74 Å². The highest BCUT2D eigenvalue weighted by Crippen LogP contribution is 2.50. The number of hydrogen-bond donors (Lipinski definition) is 2. The number of carbonyl (C=O) groups is 1. The Morgan fingerprint density at radius 1 is 1.14 bits per heavy atom. The third-order valence-electron chi connectivity index (χ3n) is 6.39. The van der Waals surface area contributed by atoms with E-state index in [0.717, 1.165) is 31.2 Å². The quantitative estimate of drug-likeness (QED) is 0.846. The summed E-state index contributed by atoms with van der Waals surface area (Å²) in [5.74, 6) is 0.401. The molecule has 148 valence electrons. The average Bonchev–Trinajstić information content (AvgIpc) is 2.73. The molecule has 3 atom stereocenters. The second kappa shape index (κ2) is 7.47. The van der Waals surface area contributed by atoms with Crippen LogP contribution in [0, 0.1) is 5.92 Å². The predicted molar refractivity (Wildman–Crippen MR) is 106 cm³/mol. The molecule has 0 aromatic heterocycles. The summed E-state index contributed by atoms with van der Waals surface area (Å²) in [6.45, 7) is 0.509. The van der Waals surface area contributed by atoms with E-state index in [1.54, 1.807) is 12.1 Å². The molecule has 2 aromatic carbocycles. The van der Waals surface area contributed by atoms with Gasteiger partial charge >= 0.3 is 0 Å². The lowest BCUT2D eigenvalue weighted by atomic mass is 9.66. The van der Waals surface area contributed by atoms with Crippen LogP contribution in [-0.4, -0.2) is 40.3 Å². The molecule has 5 nitrogen and oxygen atoms in total. The Balaban J connectivity index is 1.78. The van der Waals surface area contributed by atoms with Crippen molar-refractivity contribution in [2.75, 3.05) is 13.7 Å². The number of nitrogens with zero attached hydrogens (tertiary/aromatic N) is 1. The number of piperidine rings is 1. The molecule has 1 saturated heterocycles. The SMILES string of the molecule is COc1cc([C@@H]2[C@@H]3CCCC[C@@]3(O)CCN2C(=O)c2ccccc2)ccc1O. The first-order chi connectivity index (χ1) is 13.5. The Labute approximate surface area is 165 Å². The largest absolute Gasteiger partial charge is 0.504 e. The van der Waals surface area contributed by atoms with Gasteiger partial charge in [-0.2, -0.15) is 0 Å². The highest BCUT2D eigenvalue weighted by atomic mass is 16.5. The Morgan fingerprint density at radius 2 is 1.93 bits per heavy atom. The number of aromatic hydroxyl groups is 1. The maximum Gasteiger partial charge on any atom is 0.254 e. The Morgan fingerprint density at radius 3 is 2.68 bits per heavy atom. The van der Waals surface area contributed by atoms with Gasteiger partial charge < -0.3 is 19.8 Å². The summed E-state index contributed by atoms with van der Waals surface area (Å²) in [6.07, 6.45) is 4.32. The molecule has 2 N–H and O–H groups in total. The minimum absolute atomic E-state index is 0.0229. The van der Waals surface area contributed by atoms with Crippen LogP contribution in [0.2, 0.25) is 0 Å². The van der Waals surface area contributed by atoms with Crippen LogP contribution in [0.3, 0.4) is 0 Å². The molecule has 1 amide bonds. The molecule has 1 aliphatic heterocycles. The molecule has 0 unspecified atom stereocenters. The van der Waals surface area contributed by atoms with E-state index in [-0.39, 0.29) is 23.6 Å². The fourth-order valence-corrected chi connectivity index (χ4v) is 4.95. The number of hydrogen-bond acceptors (Lipinski definition) is 4. The molecule has 0 radical (unpaired) electrons. The van der Waals surface area contributed by atoms with E-state index in [0.29, 0.717) is 24.3 Å². The third kappa shape index (κ3) is 3.24. The van der Waals surface area contributed by atoms with Crippen LogP contribution >= 0.6 is 0 Å². The van der Waals surface area contributed by atoms with Gasteiger partial charge in [0.2, 0.25) is 0 Å². The second-order valence-electron chi connectivity index (χ2n) is 7.95. The van der Waals surface area contributed by atoms with Gasteiger partial charge in [0.15, 0.2) is 11.5 Å². The lowest BCUT2D eigenvalue weighted by Crippen LogP contribution is -2.56. The van der Waals surface area contributed by atoms with Gasteiger partial charge in [0.05, 0.1) is 18.8 Å². The Kier molecular flexibility index (Phi) is 5.02. The fourth-order valence-electron chi connectivity index (χ4n) is 4.95. The van der Waals surface area contributed by atoms with Gasteiger partial charge in [-0.25, -0.2) is 0 Å². The zero-order valence-corrected chi connectivity index (χ0v) is 16.2. The molecule has 0 spiro atoms. The molecular formula is C23H27NO4. The smallest absolute Gasteiger partial charge is 0.254 e. The van der Waals surface area contributed by atoms with Crippen molar-refractivity contribution in [2.24, 2.45) is 5.92 Å². The molecule has 28 heavy (non-hydrogen) atoms. The summed E-state index contributed by atoms with van der Waals surface area (Å²) < 4.78 is 5.30. The van der Waals surface area contributed by atoms with Crippen LogP contribution < -0.4 is 4.74 Å². The van der Waals surface area contributed by atoms with Gasteiger partial charge in [0, 0.05) is 18.0 Å². The van der Waals surface area contributed by atoms with Gasteiger partial charge in [-0.1, -0.05) is 37.1 Å². The van der Waals surface area contributed by atoms with Gasteiger partial charge in [-0.15, -0.1) is 0 Å². The highest BCUT2D eigenvalue weighted by molar-refractivity contribution is 5.94. The van der Waals surface area contributed by atoms with E-state index in [1.165, 1.54) is 7.11 Å². The van der Waals surface area contributed by atoms with E-state index in [9.17, 15) is 15.0 Å². The topological polar surface area (TPSA) is 70.0 Å². The van der Waals surface area contributed by atoms with Crippen LogP contribution in [0.5, 0.6) is 11.5 Å². The first-order valence-electron chi connectivity index (χ1n) is 9.99. The zero-order chi connectivity index (χ0) is 19.7. The van der Waals surface area contributed by atoms with E-state index in [2.05, 4.69) is 0 Å². The lowest BCUT2D eigenvalue weighted by Gasteiger charge is -2.52. The number of ether oxygens (including phenoxy) is 1. The number of amides is 1. The van der Waals surface area contributed by atoms with Gasteiger partial charge in [-0.05, 0) is 49.1 Å². The lowest BCUT2D eigenvalue weighted by molar-refractivity contribution is -0.115. The normalized spacial score (nSPS) is 27.1. The summed E-state index contributed by atoms with van der Waals surface area (Å²) in [5.41, 5.74) is 0.796. The van der Waals surface area contributed by atoms with Crippen LogP contribution in [0.25, 0.3) is 0 Å². The first-order valence-corrected chi connectivity index (χ1v) is 9.99. The molecule has 1 heterocycles. The van der Waals surface area contributed by atoms with Crippen LogP contribution in [0.4, 0.5) is 0 Å². The molecule has 2 fully saturated rings. The van der Waals surface area contributed by atoms with Crippen LogP contribution in [0.15, 0.2) is 48.5 Å². The Hall–Kier alpha value is -2.53. The molecule has 2 aliphatic rings. The summed E-state index contributed by atoms with van der Waals surface area (Å²) >= 11 is 0. The van der Waals surface area contributed by atoms with E-state index < -0.39 is 5.60 Å². The van der Waals surface area contributed by atoms with Crippen molar-refractivity contribution in [2.45, 2.75) is 43.7 Å². The standard InChI is InChI=1S/C23H27NO4/c1-28-20-15-17(10-11-19(20)25)21-18-9-5-6-12-23(18,27)13-14-24(21)22(26)16-7-3-2-4-8-16/h2-4,7-8,10-11,15,18,21,25,27H,5-6,9,12-14H2,1H3/t18-,21+,23+/m0/s1. The van der Waals surface area contributed by atoms with Crippen LogP contribution in [0.1, 0.15) is 54.1 Å². The van der Waals surface area contributed by atoms with Crippen molar-refractivity contribution in [1.29, 1.82) is 0 Å². The molecule has 5 heteroatoms. The number of benzene rings is 2. The number of phenolic OH excluding ortho intramolecular Hbond substituents is 1. The first kappa shape index (κ1) is 18.8. The van der Waals surface area contributed by atoms with E-state index in [1.807, 2.05) is 41.3 Å². The average molecular weight is 381 g/mol. The minimum Gasteiger partial charge on any atom is -0.504 e. The molecule has 4 rings (SSSR count). The molecule has 0 bridgehead atoms. The summed E-state index contributed by atoms with van der Waals surface area (Å²) in [4.78, 5) is 15.2. The maximum absolute atomic E-state index is 13.3. The molecule has 1 saturated carbocycles. The summed E-state index contributed by atoms with van der Waals surface area (Å²) in [6, 6.07) is 14.3. The number of fused-ring (bicyclic) bond motifs is 1. The fraction of sp³-hybridized carbons (Fsp3) is 0.435. The van der Waals surface area contributed by atoms with Gasteiger partial charge in [-0.3, -0.25) is 4.79 Å². The van der Waals surface area contributed by atoms with Gasteiger partial charge in [0.1, 0.15) is 0 Å². The monoisotopic (exact) mass is 381 g/mol. The van der Waals surface area contributed by atoms with Crippen LogP contribution in [-0.2, 0) is 0 Å². The summed E-state index contributed by atoms with van der Waals surface area (Å²) in [5, 5.41) is 21.4. The predicted octanol–water partition coefficient (Wildman–Crippen LogP) is 3.91. The summed E-state index contributed by atoms with van der Waals surface area (Å²) in [7, 11) is 1.52. The molecule has 1 aliphatic carbocycles. The van der Waals surface area contributed by atoms with Gasteiger partial charge in [0.25, 0.3) is 5.91 Å². The van der Waals surface area contributed by atoms with Crippen molar-refractivity contribution in [1.82, 2.24) is 4.90 Å². The number of likely N-dealkylation sites (tertiary alicyclic amines) is 1. The highest BCUT2D eigenvalue weighted by Gasteiger charge is 2.50. The second-order valence-corrected chi connectivity index (χ2v) is 7.95. The van der Waals surface area contributed by atoms with Crippen molar-refractivity contribution < 1.29 is 19.7 Å². The number of methoxy groups -OCH3 is 1. The molecular weight excluding hydrogens is 354 g/mol. The minimum atomic E-state index is -0.749.